The second kappa shape index (κ2) is 7.90. The van der Waals surface area contributed by atoms with Gasteiger partial charge < -0.3 is 14.8 Å². The molecule has 0 saturated heterocycles. The number of esters is 1. The van der Waals surface area contributed by atoms with Crippen LogP contribution < -0.4 is 10.1 Å². The van der Waals surface area contributed by atoms with Gasteiger partial charge in [0, 0.05) is 5.54 Å². The van der Waals surface area contributed by atoms with Gasteiger partial charge >= 0.3 is 5.97 Å². The van der Waals surface area contributed by atoms with E-state index in [-0.39, 0.29) is 11.5 Å². The van der Waals surface area contributed by atoms with Gasteiger partial charge in [-0.1, -0.05) is 25.1 Å². The van der Waals surface area contributed by atoms with Crippen LogP contribution in [-0.4, -0.2) is 31.8 Å². The largest absolute Gasteiger partial charge is 0.496 e. The van der Waals surface area contributed by atoms with E-state index < -0.39 is 0 Å². The summed E-state index contributed by atoms with van der Waals surface area (Å²) in [5.74, 6) is 0.673. The molecule has 0 bridgehead atoms. The van der Waals surface area contributed by atoms with E-state index in [1.807, 2.05) is 45.0 Å². The molecular weight excluding hydrogens is 254 g/mol. The first-order valence-corrected chi connectivity index (χ1v) is 7.07. The summed E-state index contributed by atoms with van der Waals surface area (Å²) in [7, 11) is 1.66. The van der Waals surface area contributed by atoms with E-state index >= 15 is 0 Å². The monoisotopic (exact) mass is 279 g/mol. The molecule has 112 valence electrons. The molecule has 1 aromatic carbocycles. The predicted molar refractivity (Wildman–Crippen MR) is 80.0 cm³/mol. The van der Waals surface area contributed by atoms with Gasteiger partial charge in [-0.25, -0.2) is 0 Å². The Kier molecular flexibility index (Phi) is 6.52. The molecule has 0 fully saturated rings. The van der Waals surface area contributed by atoms with E-state index in [0.29, 0.717) is 19.4 Å². The summed E-state index contributed by atoms with van der Waals surface area (Å²) in [6, 6.07) is 7.89. The summed E-state index contributed by atoms with van der Waals surface area (Å²) in [6.45, 7) is 7.11. The van der Waals surface area contributed by atoms with E-state index in [4.69, 9.17) is 9.47 Å². The summed E-state index contributed by atoms with van der Waals surface area (Å²) < 4.78 is 10.4. The summed E-state index contributed by atoms with van der Waals surface area (Å²) in [4.78, 5) is 11.8. The third-order valence-corrected chi connectivity index (χ3v) is 3.22. The zero-order chi connectivity index (χ0) is 15.0. The molecule has 0 aliphatic rings. The van der Waals surface area contributed by atoms with Crippen molar-refractivity contribution in [2.75, 3.05) is 20.3 Å². The molecule has 0 amide bonds. The van der Waals surface area contributed by atoms with Crippen LogP contribution in [0.1, 0.15) is 32.8 Å². The number of methoxy groups -OCH3 is 1. The number of hydrogen-bond acceptors (Lipinski definition) is 4. The first-order valence-electron chi connectivity index (χ1n) is 7.07. The molecule has 0 spiro atoms. The van der Waals surface area contributed by atoms with E-state index in [1.165, 1.54) is 0 Å². The highest BCUT2D eigenvalue weighted by Crippen LogP contribution is 2.25. The first-order chi connectivity index (χ1) is 9.54. The lowest BCUT2D eigenvalue weighted by atomic mass is 9.89. The molecule has 20 heavy (non-hydrogen) atoms. The molecule has 1 atom stereocenters. The normalized spacial score (nSPS) is 13.6. The average molecular weight is 279 g/mol. The number of benzene rings is 1. The van der Waals surface area contributed by atoms with Gasteiger partial charge in [-0.3, -0.25) is 4.79 Å². The zero-order valence-electron chi connectivity index (χ0n) is 12.9. The number of likely N-dealkylation sites (N-methyl/N-ethyl adjacent to an activating group) is 1. The fourth-order valence-electron chi connectivity index (χ4n) is 2.41. The molecule has 1 rings (SSSR count). The fourth-order valence-corrected chi connectivity index (χ4v) is 2.41. The third-order valence-electron chi connectivity index (χ3n) is 3.22. The number of carbonyl (C=O) groups excluding carboxylic acids is 1. The first kappa shape index (κ1) is 16.5. The van der Waals surface area contributed by atoms with Gasteiger partial charge in [0.15, 0.2) is 0 Å². The molecule has 0 heterocycles. The lowest BCUT2D eigenvalue weighted by Gasteiger charge is -2.30. The predicted octanol–water partition coefficient (Wildman–Crippen LogP) is 2.56. The number of rotatable bonds is 8. The van der Waals surface area contributed by atoms with Crippen LogP contribution in [0.25, 0.3) is 0 Å². The quantitative estimate of drug-likeness (QED) is 0.743. The molecule has 0 aliphatic carbocycles. The Labute approximate surface area is 121 Å². The lowest BCUT2D eigenvalue weighted by molar-refractivity contribution is -0.144. The minimum absolute atomic E-state index is 0.175. The van der Waals surface area contributed by atoms with Crippen LogP contribution in [0.15, 0.2) is 24.3 Å². The van der Waals surface area contributed by atoms with E-state index in [2.05, 4.69) is 5.32 Å². The maximum atomic E-state index is 11.8. The van der Waals surface area contributed by atoms with Gasteiger partial charge in [-0.2, -0.15) is 0 Å². The van der Waals surface area contributed by atoms with Crippen LogP contribution in [0.3, 0.4) is 0 Å². The second-order valence-electron chi connectivity index (χ2n) is 5.06. The Hall–Kier alpha value is -1.55. The Bertz CT molecular complexity index is 433. The van der Waals surface area contributed by atoms with Crippen LogP contribution in [0.2, 0.25) is 0 Å². The fraction of sp³-hybridized carbons (Fsp3) is 0.562. The maximum absolute atomic E-state index is 11.8. The SMILES string of the molecule is CCNC(C)(CC(=O)OCC)Cc1ccccc1OC. The van der Waals surface area contributed by atoms with Crippen molar-refractivity contribution in [3.05, 3.63) is 29.8 Å². The molecule has 0 radical (unpaired) electrons. The molecule has 1 N–H and O–H groups in total. The lowest BCUT2D eigenvalue weighted by Crippen LogP contribution is -2.46. The third kappa shape index (κ3) is 4.85. The maximum Gasteiger partial charge on any atom is 0.307 e. The Balaban J connectivity index is 2.87. The van der Waals surface area contributed by atoms with Crippen LogP contribution in [0.5, 0.6) is 5.75 Å². The summed E-state index contributed by atoms with van der Waals surface area (Å²) in [5, 5.41) is 3.39. The Morgan fingerprint density at radius 1 is 1.30 bits per heavy atom. The van der Waals surface area contributed by atoms with Crippen LogP contribution >= 0.6 is 0 Å². The van der Waals surface area contributed by atoms with Crippen molar-refractivity contribution in [3.63, 3.8) is 0 Å². The number of ether oxygens (including phenoxy) is 2. The van der Waals surface area contributed by atoms with Crippen LogP contribution in [-0.2, 0) is 16.0 Å². The molecule has 1 aromatic rings. The van der Waals surface area contributed by atoms with Crippen LogP contribution in [0, 0.1) is 0 Å². The Morgan fingerprint density at radius 2 is 2.00 bits per heavy atom. The summed E-state index contributed by atoms with van der Waals surface area (Å²) in [6.07, 6.45) is 1.05. The molecule has 0 saturated carbocycles. The molecule has 0 aromatic heterocycles. The summed E-state index contributed by atoms with van der Waals surface area (Å²) >= 11 is 0. The molecule has 1 unspecified atom stereocenters. The smallest absolute Gasteiger partial charge is 0.307 e. The topological polar surface area (TPSA) is 47.6 Å². The van der Waals surface area contributed by atoms with Crippen molar-refractivity contribution < 1.29 is 14.3 Å². The van der Waals surface area contributed by atoms with Gasteiger partial charge in [0.25, 0.3) is 0 Å². The molecular formula is C16H25NO3. The molecule has 0 aliphatic heterocycles. The van der Waals surface area contributed by atoms with Crippen molar-refractivity contribution >= 4 is 5.97 Å². The van der Waals surface area contributed by atoms with Crippen molar-refractivity contribution in [2.45, 2.75) is 39.2 Å². The highest BCUT2D eigenvalue weighted by Gasteiger charge is 2.28. The van der Waals surface area contributed by atoms with E-state index in [9.17, 15) is 4.79 Å². The number of para-hydroxylation sites is 1. The van der Waals surface area contributed by atoms with Gasteiger partial charge in [0.2, 0.25) is 0 Å². The van der Waals surface area contributed by atoms with E-state index in [1.54, 1.807) is 7.11 Å². The van der Waals surface area contributed by atoms with Gasteiger partial charge in [-0.05, 0) is 38.4 Å². The zero-order valence-corrected chi connectivity index (χ0v) is 12.9. The highest BCUT2D eigenvalue weighted by atomic mass is 16.5. The molecule has 4 heteroatoms. The Morgan fingerprint density at radius 3 is 2.60 bits per heavy atom. The van der Waals surface area contributed by atoms with Gasteiger partial charge in [-0.15, -0.1) is 0 Å². The van der Waals surface area contributed by atoms with Gasteiger partial charge in [0.1, 0.15) is 5.75 Å². The van der Waals surface area contributed by atoms with Crippen LogP contribution in [0.4, 0.5) is 0 Å². The standard InChI is InChI=1S/C16H25NO3/c1-5-17-16(3,12-15(18)20-6-2)11-13-9-7-8-10-14(13)19-4/h7-10,17H,5-6,11-12H2,1-4H3. The van der Waals surface area contributed by atoms with E-state index in [0.717, 1.165) is 17.9 Å². The van der Waals surface area contributed by atoms with Crippen molar-refractivity contribution in [1.82, 2.24) is 5.32 Å². The second-order valence-corrected chi connectivity index (χ2v) is 5.06. The van der Waals surface area contributed by atoms with Gasteiger partial charge in [0.05, 0.1) is 20.1 Å². The number of nitrogens with one attached hydrogen (secondary N) is 1. The minimum Gasteiger partial charge on any atom is -0.496 e. The average Bonchev–Trinajstić information content (AvgIpc) is 2.39. The van der Waals surface area contributed by atoms with Crippen molar-refractivity contribution in [2.24, 2.45) is 0 Å². The number of hydrogen-bond donors (Lipinski definition) is 1. The number of carbonyl (C=O) groups is 1. The van der Waals surface area contributed by atoms with Crippen molar-refractivity contribution in [1.29, 1.82) is 0 Å². The summed E-state index contributed by atoms with van der Waals surface area (Å²) in [5.41, 5.74) is 0.748. The molecule has 4 nitrogen and oxygen atoms in total. The van der Waals surface area contributed by atoms with Crippen molar-refractivity contribution in [3.8, 4) is 5.75 Å². The highest BCUT2D eigenvalue weighted by molar-refractivity contribution is 5.71. The minimum atomic E-state index is -0.338.